The van der Waals surface area contributed by atoms with Gasteiger partial charge in [0.1, 0.15) is 0 Å². The molecule has 0 amide bonds. The number of halogens is 1. The molecule has 1 aliphatic rings. The Hall–Kier alpha value is -0.380. The lowest BCUT2D eigenvalue weighted by molar-refractivity contribution is 0.116. The molecular formula is C15H23BrN2. The number of hydrogen-bond acceptors (Lipinski definition) is 2. The molecular weight excluding hydrogens is 288 g/mol. The summed E-state index contributed by atoms with van der Waals surface area (Å²) >= 11 is 3.66. The van der Waals surface area contributed by atoms with E-state index in [-0.39, 0.29) is 6.04 Å². The Bertz CT molecular complexity index is 392. The first-order chi connectivity index (χ1) is 8.59. The van der Waals surface area contributed by atoms with Crippen LogP contribution in [0.2, 0.25) is 0 Å². The van der Waals surface area contributed by atoms with Crippen LogP contribution >= 0.6 is 15.9 Å². The van der Waals surface area contributed by atoms with Gasteiger partial charge in [-0.25, -0.2) is 0 Å². The summed E-state index contributed by atoms with van der Waals surface area (Å²) < 4.78 is 1.17. The summed E-state index contributed by atoms with van der Waals surface area (Å²) in [6.45, 7) is 6.78. The minimum atomic E-state index is 0.147. The predicted molar refractivity (Wildman–Crippen MR) is 80.5 cm³/mol. The lowest BCUT2D eigenvalue weighted by atomic mass is 9.93. The third-order valence-electron chi connectivity index (χ3n) is 3.80. The van der Waals surface area contributed by atoms with E-state index in [1.807, 2.05) is 0 Å². The topological polar surface area (TPSA) is 29.3 Å². The normalized spacial score (nSPS) is 24.8. The SMILES string of the molecule is CC1CCCN(C(c2ccccc2Br)C(C)N)C1. The molecule has 18 heavy (non-hydrogen) atoms. The zero-order valence-electron chi connectivity index (χ0n) is 11.3. The molecule has 0 spiro atoms. The molecule has 0 aliphatic carbocycles. The summed E-state index contributed by atoms with van der Waals surface area (Å²) in [6, 6.07) is 8.93. The van der Waals surface area contributed by atoms with Gasteiger partial charge < -0.3 is 5.73 Å². The van der Waals surface area contributed by atoms with Crippen molar-refractivity contribution in [2.24, 2.45) is 11.7 Å². The van der Waals surface area contributed by atoms with Crippen molar-refractivity contribution in [3.05, 3.63) is 34.3 Å². The molecule has 0 saturated carbocycles. The molecule has 3 unspecified atom stereocenters. The van der Waals surface area contributed by atoms with E-state index in [0.29, 0.717) is 6.04 Å². The van der Waals surface area contributed by atoms with Gasteiger partial charge >= 0.3 is 0 Å². The van der Waals surface area contributed by atoms with Crippen molar-refractivity contribution < 1.29 is 0 Å². The molecule has 3 heteroatoms. The average molecular weight is 311 g/mol. The zero-order valence-corrected chi connectivity index (χ0v) is 12.9. The number of rotatable bonds is 3. The van der Waals surface area contributed by atoms with Crippen LogP contribution in [0.25, 0.3) is 0 Å². The Kier molecular flexibility index (Phi) is 4.82. The van der Waals surface area contributed by atoms with E-state index in [1.54, 1.807) is 0 Å². The Balaban J connectivity index is 2.26. The van der Waals surface area contributed by atoms with Gasteiger partial charge in [0, 0.05) is 17.1 Å². The van der Waals surface area contributed by atoms with Crippen LogP contribution in [0.15, 0.2) is 28.7 Å². The van der Waals surface area contributed by atoms with Crippen molar-refractivity contribution in [2.45, 2.75) is 38.8 Å². The zero-order chi connectivity index (χ0) is 13.1. The Morgan fingerprint density at radius 3 is 2.72 bits per heavy atom. The molecule has 0 bridgehead atoms. The van der Waals surface area contributed by atoms with E-state index in [9.17, 15) is 0 Å². The fourth-order valence-electron chi connectivity index (χ4n) is 3.01. The van der Waals surface area contributed by atoms with Crippen LogP contribution in [-0.2, 0) is 0 Å². The smallest absolute Gasteiger partial charge is 0.0507 e. The van der Waals surface area contributed by atoms with Crippen molar-refractivity contribution >= 4 is 15.9 Å². The van der Waals surface area contributed by atoms with Crippen LogP contribution in [-0.4, -0.2) is 24.0 Å². The molecule has 1 heterocycles. The van der Waals surface area contributed by atoms with Crippen molar-refractivity contribution in [3.63, 3.8) is 0 Å². The van der Waals surface area contributed by atoms with Crippen LogP contribution in [0.5, 0.6) is 0 Å². The van der Waals surface area contributed by atoms with Gasteiger partial charge in [0.25, 0.3) is 0 Å². The number of likely N-dealkylation sites (tertiary alicyclic amines) is 1. The molecule has 1 fully saturated rings. The molecule has 0 aromatic heterocycles. The molecule has 1 aromatic carbocycles. The second kappa shape index (κ2) is 6.18. The van der Waals surface area contributed by atoms with E-state index < -0.39 is 0 Å². The van der Waals surface area contributed by atoms with Gasteiger partial charge in [-0.15, -0.1) is 0 Å². The van der Waals surface area contributed by atoms with Crippen LogP contribution in [0.3, 0.4) is 0 Å². The molecule has 0 radical (unpaired) electrons. The third-order valence-corrected chi connectivity index (χ3v) is 4.53. The highest BCUT2D eigenvalue weighted by molar-refractivity contribution is 9.10. The summed E-state index contributed by atoms with van der Waals surface area (Å²) in [4.78, 5) is 2.55. The Morgan fingerprint density at radius 1 is 1.39 bits per heavy atom. The maximum atomic E-state index is 6.25. The highest BCUT2D eigenvalue weighted by Crippen LogP contribution is 2.32. The van der Waals surface area contributed by atoms with Gasteiger partial charge in [-0.05, 0) is 43.9 Å². The van der Waals surface area contributed by atoms with Crippen LogP contribution < -0.4 is 5.73 Å². The summed E-state index contributed by atoms with van der Waals surface area (Å²) in [5, 5.41) is 0. The first-order valence-electron chi connectivity index (χ1n) is 6.83. The first-order valence-corrected chi connectivity index (χ1v) is 7.63. The van der Waals surface area contributed by atoms with Crippen molar-refractivity contribution in [1.82, 2.24) is 4.90 Å². The van der Waals surface area contributed by atoms with E-state index >= 15 is 0 Å². The van der Waals surface area contributed by atoms with Crippen molar-refractivity contribution in [3.8, 4) is 0 Å². The number of benzene rings is 1. The van der Waals surface area contributed by atoms with E-state index in [4.69, 9.17) is 5.73 Å². The maximum absolute atomic E-state index is 6.25. The average Bonchev–Trinajstić information content (AvgIpc) is 2.32. The van der Waals surface area contributed by atoms with Crippen LogP contribution in [0, 0.1) is 5.92 Å². The van der Waals surface area contributed by atoms with E-state index in [2.05, 4.69) is 58.9 Å². The molecule has 3 atom stereocenters. The van der Waals surface area contributed by atoms with Gasteiger partial charge in [-0.1, -0.05) is 41.1 Å². The van der Waals surface area contributed by atoms with Crippen molar-refractivity contribution in [2.75, 3.05) is 13.1 Å². The lowest BCUT2D eigenvalue weighted by Gasteiger charge is -2.39. The number of piperidine rings is 1. The monoisotopic (exact) mass is 310 g/mol. The lowest BCUT2D eigenvalue weighted by Crippen LogP contribution is -2.44. The van der Waals surface area contributed by atoms with E-state index in [1.165, 1.54) is 22.9 Å². The first kappa shape index (κ1) is 14.0. The maximum Gasteiger partial charge on any atom is 0.0507 e. The standard InChI is InChI=1S/C15H23BrN2/c1-11-6-5-9-18(10-11)15(12(2)17)13-7-3-4-8-14(13)16/h3-4,7-8,11-12,15H,5-6,9-10,17H2,1-2H3. The molecule has 2 N–H and O–H groups in total. The minimum Gasteiger partial charge on any atom is -0.326 e. The number of hydrogen-bond donors (Lipinski definition) is 1. The molecule has 1 aliphatic heterocycles. The summed E-state index contributed by atoms with van der Waals surface area (Å²) in [5.41, 5.74) is 7.57. The number of nitrogens with zero attached hydrogens (tertiary/aromatic N) is 1. The highest BCUT2D eigenvalue weighted by Gasteiger charge is 2.28. The summed E-state index contributed by atoms with van der Waals surface area (Å²) in [7, 11) is 0. The van der Waals surface area contributed by atoms with Gasteiger partial charge in [0.15, 0.2) is 0 Å². The van der Waals surface area contributed by atoms with Gasteiger partial charge in [0.2, 0.25) is 0 Å². The van der Waals surface area contributed by atoms with Crippen LogP contribution in [0.4, 0.5) is 0 Å². The fourth-order valence-corrected chi connectivity index (χ4v) is 3.53. The Morgan fingerprint density at radius 2 is 2.11 bits per heavy atom. The molecule has 2 nitrogen and oxygen atoms in total. The van der Waals surface area contributed by atoms with Gasteiger partial charge in [0.05, 0.1) is 6.04 Å². The molecule has 2 rings (SSSR count). The third kappa shape index (κ3) is 3.14. The van der Waals surface area contributed by atoms with Crippen LogP contribution in [0.1, 0.15) is 38.3 Å². The molecule has 1 aromatic rings. The second-order valence-electron chi connectivity index (χ2n) is 5.57. The summed E-state index contributed by atoms with van der Waals surface area (Å²) in [5.74, 6) is 0.780. The molecule has 1 saturated heterocycles. The highest BCUT2D eigenvalue weighted by atomic mass is 79.9. The van der Waals surface area contributed by atoms with Crippen molar-refractivity contribution in [1.29, 1.82) is 0 Å². The minimum absolute atomic E-state index is 0.147. The molecule has 100 valence electrons. The number of nitrogens with two attached hydrogens (primary N) is 1. The fraction of sp³-hybridized carbons (Fsp3) is 0.600. The quantitative estimate of drug-likeness (QED) is 0.924. The summed E-state index contributed by atoms with van der Waals surface area (Å²) in [6.07, 6.45) is 2.63. The van der Waals surface area contributed by atoms with E-state index in [0.717, 1.165) is 19.0 Å². The Labute approximate surface area is 119 Å². The second-order valence-corrected chi connectivity index (χ2v) is 6.42. The predicted octanol–water partition coefficient (Wildman–Crippen LogP) is 3.57. The van der Waals surface area contributed by atoms with Gasteiger partial charge in [-0.3, -0.25) is 4.90 Å². The van der Waals surface area contributed by atoms with Gasteiger partial charge in [-0.2, -0.15) is 0 Å². The largest absolute Gasteiger partial charge is 0.326 e.